The number of benzene rings is 2. The SMILES string of the molecule is O=C(Nc1ccc2c(c1)OCO2)c1ccc2c(c1)CCC2. The lowest BCUT2D eigenvalue weighted by Gasteiger charge is -2.08. The second kappa shape index (κ2) is 4.81. The third kappa shape index (κ3) is 2.23. The summed E-state index contributed by atoms with van der Waals surface area (Å²) in [4.78, 5) is 12.3. The molecule has 4 rings (SSSR count). The maximum absolute atomic E-state index is 12.3. The van der Waals surface area contributed by atoms with E-state index in [1.54, 1.807) is 12.1 Å². The zero-order chi connectivity index (χ0) is 14.2. The molecule has 1 aliphatic carbocycles. The summed E-state index contributed by atoms with van der Waals surface area (Å²) < 4.78 is 10.6. The molecule has 1 heterocycles. The number of amides is 1. The molecule has 4 heteroatoms. The van der Waals surface area contributed by atoms with Crippen molar-refractivity contribution < 1.29 is 14.3 Å². The second-order valence-electron chi connectivity index (χ2n) is 5.36. The lowest BCUT2D eigenvalue weighted by atomic mass is 10.1. The molecule has 4 nitrogen and oxygen atoms in total. The zero-order valence-corrected chi connectivity index (χ0v) is 11.5. The van der Waals surface area contributed by atoms with Gasteiger partial charge in [0.15, 0.2) is 11.5 Å². The third-order valence-corrected chi connectivity index (χ3v) is 3.99. The van der Waals surface area contributed by atoms with E-state index in [2.05, 4.69) is 11.4 Å². The van der Waals surface area contributed by atoms with Gasteiger partial charge in [-0.05, 0) is 54.7 Å². The molecular formula is C17H15NO3. The Hall–Kier alpha value is -2.49. The Morgan fingerprint density at radius 3 is 2.76 bits per heavy atom. The van der Waals surface area contributed by atoms with Crippen LogP contribution in [0.25, 0.3) is 0 Å². The van der Waals surface area contributed by atoms with Crippen LogP contribution in [0.1, 0.15) is 27.9 Å². The van der Waals surface area contributed by atoms with Gasteiger partial charge in [0.25, 0.3) is 5.91 Å². The van der Waals surface area contributed by atoms with Crippen LogP contribution in [-0.4, -0.2) is 12.7 Å². The number of carbonyl (C=O) groups excluding carboxylic acids is 1. The highest BCUT2D eigenvalue weighted by Crippen LogP contribution is 2.34. The van der Waals surface area contributed by atoms with E-state index in [1.807, 2.05) is 18.2 Å². The summed E-state index contributed by atoms with van der Waals surface area (Å²) in [5, 5.41) is 2.90. The van der Waals surface area contributed by atoms with Gasteiger partial charge < -0.3 is 14.8 Å². The molecule has 1 aliphatic heterocycles. The quantitative estimate of drug-likeness (QED) is 0.919. The van der Waals surface area contributed by atoms with Crippen LogP contribution in [0.5, 0.6) is 11.5 Å². The van der Waals surface area contributed by atoms with Crippen molar-refractivity contribution >= 4 is 11.6 Å². The largest absolute Gasteiger partial charge is 0.454 e. The van der Waals surface area contributed by atoms with Gasteiger partial charge in [0.1, 0.15) is 0 Å². The van der Waals surface area contributed by atoms with E-state index in [4.69, 9.17) is 9.47 Å². The molecule has 2 aromatic rings. The third-order valence-electron chi connectivity index (χ3n) is 3.99. The summed E-state index contributed by atoms with van der Waals surface area (Å²) in [5.41, 5.74) is 4.08. The van der Waals surface area contributed by atoms with Gasteiger partial charge in [-0.15, -0.1) is 0 Å². The Balaban J connectivity index is 1.55. The van der Waals surface area contributed by atoms with Crippen LogP contribution in [0.2, 0.25) is 0 Å². The highest BCUT2D eigenvalue weighted by Gasteiger charge is 2.16. The smallest absolute Gasteiger partial charge is 0.255 e. The van der Waals surface area contributed by atoms with E-state index < -0.39 is 0 Å². The van der Waals surface area contributed by atoms with Crippen LogP contribution in [0.4, 0.5) is 5.69 Å². The highest BCUT2D eigenvalue weighted by molar-refractivity contribution is 6.04. The summed E-state index contributed by atoms with van der Waals surface area (Å²) in [6, 6.07) is 11.4. The maximum atomic E-state index is 12.3. The van der Waals surface area contributed by atoms with E-state index >= 15 is 0 Å². The van der Waals surface area contributed by atoms with Crippen molar-refractivity contribution in [2.75, 3.05) is 12.1 Å². The number of ether oxygens (including phenoxy) is 2. The van der Waals surface area contributed by atoms with E-state index in [9.17, 15) is 4.79 Å². The van der Waals surface area contributed by atoms with Crippen LogP contribution >= 0.6 is 0 Å². The molecule has 0 saturated carbocycles. The normalized spacial score (nSPS) is 14.9. The van der Waals surface area contributed by atoms with Crippen molar-refractivity contribution in [2.45, 2.75) is 19.3 Å². The van der Waals surface area contributed by atoms with Crippen LogP contribution in [0.15, 0.2) is 36.4 Å². The number of carbonyl (C=O) groups is 1. The van der Waals surface area contributed by atoms with Gasteiger partial charge in [0, 0.05) is 17.3 Å². The Bertz CT molecular complexity index is 724. The fourth-order valence-corrected chi connectivity index (χ4v) is 2.89. The van der Waals surface area contributed by atoms with E-state index in [1.165, 1.54) is 17.5 Å². The van der Waals surface area contributed by atoms with Crippen LogP contribution < -0.4 is 14.8 Å². The Kier molecular flexibility index (Phi) is 2.81. The lowest BCUT2D eigenvalue weighted by Crippen LogP contribution is -2.12. The predicted molar refractivity (Wildman–Crippen MR) is 79.0 cm³/mol. The van der Waals surface area contributed by atoms with Gasteiger partial charge in [-0.2, -0.15) is 0 Å². The Labute approximate surface area is 122 Å². The summed E-state index contributed by atoms with van der Waals surface area (Å²) in [5.74, 6) is 1.29. The van der Waals surface area contributed by atoms with Gasteiger partial charge in [-0.25, -0.2) is 0 Å². The van der Waals surface area contributed by atoms with Gasteiger partial charge >= 0.3 is 0 Å². The molecule has 0 bridgehead atoms. The fraction of sp³-hybridized carbons (Fsp3) is 0.235. The number of fused-ring (bicyclic) bond motifs is 2. The molecule has 2 aliphatic rings. The fourth-order valence-electron chi connectivity index (χ4n) is 2.89. The number of hydrogen-bond acceptors (Lipinski definition) is 3. The van der Waals surface area contributed by atoms with Crippen molar-refractivity contribution in [3.05, 3.63) is 53.1 Å². The van der Waals surface area contributed by atoms with Gasteiger partial charge in [0.05, 0.1) is 0 Å². The van der Waals surface area contributed by atoms with E-state index in [0.29, 0.717) is 22.7 Å². The molecule has 0 aromatic heterocycles. The Morgan fingerprint density at radius 1 is 0.952 bits per heavy atom. The average molecular weight is 281 g/mol. The van der Waals surface area contributed by atoms with Gasteiger partial charge in [0.2, 0.25) is 6.79 Å². The summed E-state index contributed by atoms with van der Waals surface area (Å²) in [7, 11) is 0. The highest BCUT2D eigenvalue weighted by atomic mass is 16.7. The molecule has 106 valence electrons. The molecule has 0 fully saturated rings. The number of aryl methyl sites for hydroxylation is 2. The van der Waals surface area contributed by atoms with E-state index in [0.717, 1.165) is 12.8 Å². The molecule has 21 heavy (non-hydrogen) atoms. The molecule has 1 amide bonds. The van der Waals surface area contributed by atoms with E-state index in [-0.39, 0.29) is 12.7 Å². The minimum atomic E-state index is -0.0939. The van der Waals surface area contributed by atoms with Gasteiger partial charge in [-0.3, -0.25) is 4.79 Å². The first-order valence-electron chi connectivity index (χ1n) is 7.12. The molecule has 0 radical (unpaired) electrons. The first kappa shape index (κ1) is 12.3. The van der Waals surface area contributed by atoms with Crippen LogP contribution in [0, 0.1) is 0 Å². The lowest BCUT2D eigenvalue weighted by molar-refractivity contribution is 0.102. The Morgan fingerprint density at radius 2 is 1.81 bits per heavy atom. The minimum absolute atomic E-state index is 0.0939. The molecule has 0 atom stereocenters. The predicted octanol–water partition coefficient (Wildman–Crippen LogP) is 3.16. The number of anilines is 1. The monoisotopic (exact) mass is 281 g/mol. The van der Waals surface area contributed by atoms with Crippen LogP contribution in [-0.2, 0) is 12.8 Å². The average Bonchev–Trinajstić information content (AvgIpc) is 3.14. The van der Waals surface area contributed by atoms with Crippen molar-refractivity contribution in [1.82, 2.24) is 0 Å². The maximum Gasteiger partial charge on any atom is 0.255 e. The molecule has 0 saturated heterocycles. The van der Waals surface area contributed by atoms with Crippen molar-refractivity contribution in [2.24, 2.45) is 0 Å². The van der Waals surface area contributed by atoms with Crippen molar-refractivity contribution in [3.63, 3.8) is 0 Å². The first-order chi connectivity index (χ1) is 10.3. The van der Waals surface area contributed by atoms with Gasteiger partial charge in [-0.1, -0.05) is 6.07 Å². The summed E-state index contributed by atoms with van der Waals surface area (Å²) >= 11 is 0. The van der Waals surface area contributed by atoms with Crippen molar-refractivity contribution in [3.8, 4) is 11.5 Å². The molecule has 2 aromatic carbocycles. The van der Waals surface area contributed by atoms with Crippen molar-refractivity contribution in [1.29, 1.82) is 0 Å². The second-order valence-corrected chi connectivity index (χ2v) is 5.36. The molecule has 0 spiro atoms. The summed E-state index contributed by atoms with van der Waals surface area (Å²) in [6.45, 7) is 0.234. The number of rotatable bonds is 2. The standard InChI is InChI=1S/C17H15NO3/c19-17(13-5-4-11-2-1-3-12(11)8-13)18-14-6-7-15-16(9-14)21-10-20-15/h4-9H,1-3,10H2,(H,18,19). The number of nitrogens with one attached hydrogen (secondary N) is 1. The number of hydrogen-bond donors (Lipinski definition) is 1. The minimum Gasteiger partial charge on any atom is -0.454 e. The topological polar surface area (TPSA) is 47.6 Å². The summed E-state index contributed by atoms with van der Waals surface area (Å²) in [6.07, 6.45) is 3.38. The molecule has 0 unspecified atom stereocenters. The first-order valence-corrected chi connectivity index (χ1v) is 7.12. The zero-order valence-electron chi connectivity index (χ0n) is 11.5. The molecule has 1 N–H and O–H groups in total. The van der Waals surface area contributed by atoms with Crippen LogP contribution in [0.3, 0.4) is 0 Å². The molecular weight excluding hydrogens is 266 g/mol.